The summed E-state index contributed by atoms with van der Waals surface area (Å²) < 4.78 is 62.7. The topological polar surface area (TPSA) is 91.5 Å². The minimum Gasteiger partial charge on any atom is -0.494 e. The summed E-state index contributed by atoms with van der Waals surface area (Å²) in [6, 6.07) is 14.7. The monoisotopic (exact) mass is 540 g/mol. The molecule has 0 saturated carbocycles. The van der Waals surface area contributed by atoms with Crippen LogP contribution in [0, 0.1) is 0 Å². The molecule has 4 aromatic rings. The highest BCUT2D eigenvalue weighted by atomic mass is 19.4. The third-order valence-corrected chi connectivity index (χ3v) is 6.13. The number of halogens is 3. The van der Waals surface area contributed by atoms with Gasteiger partial charge in [-0.25, -0.2) is 0 Å². The number of pyridine rings is 1. The van der Waals surface area contributed by atoms with Gasteiger partial charge >= 0.3 is 6.18 Å². The zero-order valence-corrected chi connectivity index (χ0v) is 20.7. The molecule has 0 unspecified atom stereocenters. The van der Waals surface area contributed by atoms with Gasteiger partial charge in [0.2, 0.25) is 12.7 Å². The van der Waals surface area contributed by atoms with Crippen molar-refractivity contribution in [1.82, 2.24) is 4.57 Å². The number of aliphatic imine (C=N–C) groups is 1. The second-order valence-corrected chi connectivity index (χ2v) is 8.64. The molecule has 0 fully saturated rings. The minimum atomic E-state index is -4.60. The van der Waals surface area contributed by atoms with Gasteiger partial charge in [0.25, 0.3) is 5.56 Å². The van der Waals surface area contributed by atoms with Gasteiger partial charge in [-0.2, -0.15) is 13.2 Å². The molecule has 1 N–H and O–H groups in total. The number of hydrogen-bond acceptors (Lipinski definition) is 7. The summed E-state index contributed by atoms with van der Waals surface area (Å²) in [7, 11) is 1.47. The summed E-state index contributed by atoms with van der Waals surface area (Å²) in [5.74, 6) is 0.808. The molecule has 0 bridgehead atoms. The Morgan fingerprint density at radius 1 is 1.03 bits per heavy atom. The number of fused-ring (bicyclic) bond motifs is 2. The predicted octanol–water partition coefficient (Wildman–Crippen LogP) is 5.28. The van der Waals surface area contributed by atoms with E-state index in [-0.39, 0.29) is 43.6 Å². The number of benzene rings is 3. The second-order valence-electron chi connectivity index (χ2n) is 8.64. The first-order chi connectivity index (χ1) is 18.8. The molecule has 1 aromatic heterocycles. The van der Waals surface area contributed by atoms with E-state index in [1.165, 1.54) is 24.0 Å². The van der Waals surface area contributed by atoms with Crippen LogP contribution in [0.4, 0.5) is 18.9 Å². The van der Waals surface area contributed by atoms with Crippen LogP contribution in [0.15, 0.2) is 70.5 Å². The smallest absolute Gasteiger partial charge is 0.416 e. The molecule has 3 aromatic carbocycles. The number of hydrogen-bond donors (Lipinski definition) is 1. The standard InChI is InChI=1S/C28H23F3N2O6/c1-36-10-11-37-23-9-7-18(28(29,30)31)13-22(23)32-14-21-19-4-2-3-5-20(19)26(34)33(27(21)35)15-17-6-8-24-25(12-17)39-16-38-24/h2-9,12-14,35H,10-11,15-16H2,1H3. The first kappa shape index (κ1) is 26.1. The highest BCUT2D eigenvalue weighted by Gasteiger charge is 2.31. The van der Waals surface area contributed by atoms with Gasteiger partial charge in [-0.05, 0) is 42.0 Å². The second kappa shape index (κ2) is 10.7. The van der Waals surface area contributed by atoms with Gasteiger partial charge in [-0.15, -0.1) is 0 Å². The van der Waals surface area contributed by atoms with Crippen molar-refractivity contribution in [1.29, 1.82) is 0 Å². The summed E-state index contributed by atoms with van der Waals surface area (Å²) in [5.41, 5.74) is -0.623. The largest absolute Gasteiger partial charge is 0.494 e. The van der Waals surface area contributed by atoms with Crippen LogP contribution < -0.4 is 19.8 Å². The van der Waals surface area contributed by atoms with Crippen molar-refractivity contribution in [2.75, 3.05) is 27.1 Å². The van der Waals surface area contributed by atoms with Crippen LogP contribution in [-0.2, 0) is 17.5 Å². The first-order valence-electron chi connectivity index (χ1n) is 11.9. The van der Waals surface area contributed by atoms with E-state index < -0.39 is 23.2 Å². The molecule has 0 amide bonds. The number of aromatic nitrogens is 1. The lowest BCUT2D eigenvalue weighted by molar-refractivity contribution is -0.137. The Bertz CT molecular complexity index is 1610. The third-order valence-electron chi connectivity index (χ3n) is 6.13. The van der Waals surface area contributed by atoms with Crippen LogP contribution in [-0.4, -0.2) is 43.0 Å². The Labute approximate surface area is 220 Å². The Kier molecular flexibility index (Phi) is 7.16. The maximum Gasteiger partial charge on any atom is 0.416 e. The fourth-order valence-corrected chi connectivity index (χ4v) is 4.19. The van der Waals surface area contributed by atoms with Crippen LogP contribution in [0.2, 0.25) is 0 Å². The predicted molar refractivity (Wildman–Crippen MR) is 138 cm³/mol. The van der Waals surface area contributed by atoms with Gasteiger partial charge in [0.05, 0.1) is 24.3 Å². The van der Waals surface area contributed by atoms with Crippen LogP contribution in [0.3, 0.4) is 0 Å². The van der Waals surface area contributed by atoms with Crippen molar-refractivity contribution in [3.8, 4) is 23.1 Å². The highest BCUT2D eigenvalue weighted by Crippen LogP contribution is 2.37. The van der Waals surface area contributed by atoms with E-state index in [2.05, 4.69) is 4.99 Å². The van der Waals surface area contributed by atoms with E-state index >= 15 is 0 Å². The van der Waals surface area contributed by atoms with Crippen LogP contribution in [0.1, 0.15) is 16.7 Å². The molecule has 1 aliphatic heterocycles. The average Bonchev–Trinajstić information content (AvgIpc) is 3.39. The molecule has 8 nitrogen and oxygen atoms in total. The SMILES string of the molecule is COCCOc1ccc(C(F)(F)F)cc1N=Cc1c(O)n(Cc2ccc3c(c2)OCO3)c(=O)c2ccccc12. The number of alkyl halides is 3. The van der Waals surface area contributed by atoms with Crippen LogP contribution >= 0.6 is 0 Å². The molecule has 0 spiro atoms. The van der Waals surface area contributed by atoms with Gasteiger partial charge in [-0.1, -0.05) is 24.3 Å². The van der Waals surface area contributed by atoms with Gasteiger partial charge in [0.1, 0.15) is 18.0 Å². The van der Waals surface area contributed by atoms with Crippen molar-refractivity contribution in [2.24, 2.45) is 4.99 Å². The molecule has 11 heteroatoms. The number of methoxy groups -OCH3 is 1. The molecule has 0 atom stereocenters. The summed E-state index contributed by atoms with van der Waals surface area (Å²) in [5, 5.41) is 11.9. The third kappa shape index (κ3) is 5.39. The summed E-state index contributed by atoms with van der Waals surface area (Å²) >= 11 is 0. The summed E-state index contributed by atoms with van der Waals surface area (Å²) in [6.45, 7) is 0.411. The van der Waals surface area contributed by atoms with Crippen molar-refractivity contribution >= 4 is 22.7 Å². The molecule has 39 heavy (non-hydrogen) atoms. The molecule has 0 aliphatic carbocycles. The molecule has 0 saturated heterocycles. The number of nitrogens with zero attached hydrogens (tertiary/aromatic N) is 2. The van der Waals surface area contributed by atoms with Gasteiger partial charge in [0.15, 0.2) is 11.5 Å². The van der Waals surface area contributed by atoms with E-state index in [0.717, 1.165) is 12.1 Å². The average molecular weight is 540 g/mol. The Balaban J connectivity index is 1.59. The zero-order valence-electron chi connectivity index (χ0n) is 20.7. The number of rotatable bonds is 8. The van der Waals surface area contributed by atoms with Gasteiger partial charge in [-0.3, -0.25) is 14.4 Å². The van der Waals surface area contributed by atoms with Crippen molar-refractivity contribution in [3.63, 3.8) is 0 Å². The summed E-state index contributed by atoms with van der Waals surface area (Å²) in [6.07, 6.45) is -3.37. The minimum absolute atomic E-state index is 0.00190. The lowest BCUT2D eigenvalue weighted by atomic mass is 10.1. The molecule has 2 heterocycles. The molecular formula is C28H23F3N2O6. The van der Waals surface area contributed by atoms with E-state index in [1.807, 2.05) is 0 Å². The lowest BCUT2D eigenvalue weighted by Crippen LogP contribution is -2.22. The van der Waals surface area contributed by atoms with Crippen molar-refractivity contribution < 1.29 is 37.2 Å². The number of aromatic hydroxyl groups is 1. The molecule has 0 radical (unpaired) electrons. The quantitative estimate of drug-likeness (QED) is 0.242. The van der Waals surface area contributed by atoms with E-state index in [1.54, 1.807) is 42.5 Å². The van der Waals surface area contributed by atoms with Crippen molar-refractivity contribution in [2.45, 2.75) is 12.7 Å². The fraction of sp³-hybridized carbons (Fsp3) is 0.214. The van der Waals surface area contributed by atoms with E-state index in [4.69, 9.17) is 18.9 Å². The van der Waals surface area contributed by atoms with E-state index in [9.17, 15) is 23.1 Å². The molecule has 5 rings (SSSR count). The van der Waals surface area contributed by atoms with Gasteiger partial charge in [0, 0.05) is 24.1 Å². The lowest BCUT2D eigenvalue weighted by Gasteiger charge is -2.15. The van der Waals surface area contributed by atoms with E-state index in [0.29, 0.717) is 27.8 Å². The van der Waals surface area contributed by atoms with Gasteiger partial charge < -0.3 is 24.1 Å². The Morgan fingerprint density at radius 3 is 2.56 bits per heavy atom. The molecular weight excluding hydrogens is 517 g/mol. The maximum atomic E-state index is 13.4. The summed E-state index contributed by atoms with van der Waals surface area (Å²) in [4.78, 5) is 17.6. The molecule has 1 aliphatic rings. The molecule has 202 valence electrons. The van der Waals surface area contributed by atoms with Crippen molar-refractivity contribution in [3.05, 3.63) is 87.7 Å². The fourth-order valence-electron chi connectivity index (χ4n) is 4.19. The highest BCUT2D eigenvalue weighted by molar-refractivity contribution is 6.02. The number of ether oxygens (including phenoxy) is 4. The Hall–Kier alpha value is -4.51. The first-order valence-corrected chi connectivity index (χ1v) is 11.9. The normalized spacial score (nSPS) is 12.9. The van der Waals surface area contributed by atoms with Crippen LogP contribution in [0.5, 0.6) is 23.1 Å². The zero-order chi connectivity index (χ0) is 27.6. The Morgan fingerprint density at radius 2 is 1.79 bits per heavy atom. The maximum absolute atomic E-state index is 13.4. The van der Waals surface area contributed by atoms with Crippen LogP contribution in [0.25, 0.3) is 10.8 Å².